The highest BCUT2D eigenvalue weighted by atomic mass is 19.4. The lowest BCUT2D eigenvalue weighted by Crippen LogP contribution is -2.35. The van der Waals surface area contributed by atoms with E-state index in [1.54, 1.807) is 32.0 Å². The average molecular weight is 628 g/mol. The molecule has 1 aliphatic heterocycles. The van der Waals surface area contributed by atoms with Crippen molar-refractivity contribution in [3.8, 4) is 5.75 Å². The van der Waals surface area contributed by atoms with Crippen molar-refractivity contribution in [1.82, 2.24) is 4.90 Å². The number of alkyl halides is 6. The van der Waals surface area contributed by atoms with Gasteiger partial charge < -0.3 is 14.6 Å². The molecule has 0 bridgehead atoms. The number of nitrogens with zero attached hydrogens (tertiary/aromatic N) is 1. The molecule has 0 saturated carbocycles. The van der Waals surface area contributed by atoms with E-state index in [1.165, 1.54) is 18.9 Å². The Morgan fingerprint density at radius 3 is 2.14 bits per heavy atom. The van der Waals surface area contributed by atoms with E-state index in [9.17, 15) is 41.0 Å². The molecule has 1 aliphatic carbocycles. The maximum atomic E-state index is 13.5. The Hall–Kier alpha value is -3.70. The maximum absolute atomic E-state index is 13.5. The number of benzene rings is 2. The van der Waals surface area contributed by atoms with Crippen LogP contribution in [-0.2, 0) is 27.3 Å². The Morgan fingerprint density at radius 2 is 1.61 bits per heavy atom. The third-order valence-corrected chi connectivity index (χ3v) is 8.64. The Balaban J connectivity index is 1.77. The van der Waals surface area contributed by atoms with E-state index in [2.05, 4.69) is 13.8 Å². The number of hydrogen-bond donors (Lipinski definition) is 1. The Kier molecular flexibility index (Phi) is 8.56. The fourth-order valence-electron chi connectivity index (χ4n) is 5.85. The van der Waals surface area contributed by atoms with Crippen LogP contribution >= 0.6 is 0 Å². The third kappa shape index (κ3) is 6.53. The van der Waals surface area contributed by atoms with E-state index in [0.717, 1.165) is 17.6 Å². The van der Waals surface area contributed by atoms with E-state index in [1.807, 2.05) is 0 Å². The molecule has 0 aromatic heterocycles. The number of hydrogen-bond acceptors (Lipinski definition) is 4. The molecular formula is C32H35F6NO5. The number of rotatable bonds is 7. The normalized spacial score (nSPS) is 21.0. The molecule has 2 aromatic carbocycles. The van der Waals surface area contributed by atoms with Gasteiger partial charge >= 0.3 is 24.4 Å². The van der Waals surface area contributed by atoms with Crippen molar-refractivity contribution in [3.05, 3.63) is 69.8 Å². The number of carbonyl (C=O) groups is 2. The van der Waals surface area contributed by atoms with E-state index in [-0.39, 0.29) is 18.0 Å². The van der Waals surface area contributed by atoms with Crippen LogP contribution < -0.4 is 4.74 Å². The monoisotopic (exact) mass is 627 g/mol. The highest BCUT2D eigenvalue weighted by molar-refractivity contribution is 5.82. The number of amides is 1. The van der Waals surface area contributed by atoms with Gasteiger partial charge in [-0.3, -0.25) is 9.69 Å². The van der Waals surface area contributed by atoms with Gasteiger partial charge in [0.2, 0.25) is 0 Å². The molecular weight excluding hydrogens is 592 g/mol. The predicted octanol–water partition coefficient (Wildman–Crippen LogP) is 8.64. The lowest BCUT2D eigenvalue weighted by atomic mass is 9.72. The van der Waals surface area contributed by atoms with Crippen LogP contribution in [0.3, 0.4) is 0 Å². The summed E-state index contributed by atoms with van der Waals surface area (Å²) in [7, 11) is 1.49. The summed E-state index contributed by atoms with van der Waals surface area (Å²) in [6.07, 6.45) is -10.5. The van der Waals surface area contributed by atoms with E-state index >= 15 is 0 Å². The predicted molar refractivity (Wildman–Crippen MR) is 150 cm³/mol. The number of carboxylic acid groups (broad SMARTS) is 1. The first-order valence-corrected chi connectivity index (χ1v) is 14.1. The minimum atomic E-state index is -5.04. The van der Waals surface area contributed by atoms with Gasteiger partial charge in [-0.25, -0.2) is 4.79 Å². The van der Waals surface area contributed by atoms with Crippen LogP contribution in [0, 0.1) is 5.41 Å². The smallest absolute Gasteiger partial charge is 0.416 e. The summed E-state index contributed by atoms with van der Waals surface area (Å²) in [5.74, 6) is -0.517. The number of cyclic esters (lactones) is 1. The summed E-state index contributed by atoms with van der Waals surface area (Å²) in [4.78, 5) is 26.4. The molecule has 0 radical (unpaired) electrons. The topological polar surface area (TPSA) is 76.1 Å². The molecule has 12 heteroatoms. The molecule has 0 spiro atoms. The molecule has 0 unspecified atom stereocenters. The Morgan fingerprint density at radius 1 is 1.02 bits per heavy atom. The highest BCUT2D eigenvalue weighted by Crippen LogP contribution is 2.47. The van der Waals surface area contributed by atoms with E-state index in [0.29, 0.717) is 41.9 Å². The number of ether oxygens (including phenoxy) is 2. The van der Waals surface area contributed by atoms with Crippen LogP contribution in [0.5, 0.6) is 5.75 Å². The van der Waals surface area contributed by atoms with Crippen molar-refractivity contribution in [2.75, 3.05) is 13.7 Å². The van der Waals surface area contributed by atoms with Crippen molar-refractivity contribution < 1.29 is 50.5 Å². The fraction of sp³-hybridized carbons (Fsp3) is 0.500. The molecule has 1 fully saturated rings. The number of carboxylic acids is 1. The zero-order chi connectivity index (χ0) is 33.0. The first-order chi connectivity index (χ1) is 20.2. The number of methoxy groups -OCH3 is 1. The minimum Gasteiger partial charge on any atom is -0.496 e. The molecule has 4 rings (SSSR count). The maximum Gasteiger partial charge on any atom is 0.416 e. The number of halogens is 6. The zero-order valence-corrected chi connectivity index (χ0v) is 25.2. The molecule has 1 saturated heterocycles. The van der Waals surface area contributed by atoms with Crippen LogP contribution in [0.25, 0.3) is 5.57 Å². The van der Waals surface area contributed by atoms with Gasteiger partial charge in [-0.15, -0.1) is 0 Å². The summed E-state index contributed by atoms with van der Waals surface area (Å²) in [6, 6.07) is 5.44. The van der Waals surface area contributed by atoms with Crippen LogP contribution in [-0.4, -0.2) is 41.8 Å². The van der Waals surface area contributed by atoms with Gasteiger partial charge in [-0.05, 0) is 98.1 Å². The molecule has 44 heavy (non-hydrogen) atoms. The molecule has 1 N–H and O–H groups in total. The summed E-state index contributed by atoms with van der Waals surface area (Å²) in [5, 5.41) is 9.81. The summed E-state index contributed by atoms with van der Waals surface area (Å²) < 4.78 is 92.2. The van der Waals surface area contributed by atoms with Crippen molar-refractivity contribution in [3.63, 3.8) is 0 Å². The Labute approximate surface area is 251 Å². The first kappa shape index (κ1) is 33.2. The van der Waals surface area contributed by atoms with Gasteiger partial charge in [0.1, 0.15) is 11.9 Å². The molecule has 1 amide bonds. The Bertz CT molecular complexity index is 1460. The highest BCUT2D eigenvalue weighted by Gasteiger charge is 2.44. The third-order valence-electron chi connectivity index (χ3n) is 8.64. The van der Waals surface area contributed by atoms with Crippen molar-refractivity contribution in [2.24, 2.45) is 5.41 Å². The standard InChI is InChI=1S/C32H35F6NO5/c1-17-26(18-11-21(31(33,34)35)13-22(12-18)32(36,37)38)44-28(42)39(17)16-19-15-29(2,3)10-9-23(19)24-14-20(7-8-25(24)43-6)30(4,5)27(40)41/h7-8,11-14,17,26H,9-10,15-16H2,1-6H3,(H,40,41)/t17-,26-/m0/s1. The van der Waals surface area contributed by atoms with Gasteiger partial charge in [0, 0.05) is 12.1 Å². The van der Waals surface area contributed by atoms with Crippen LogP contribution in [0.1, 0.15) is 87.8 Å². The first-order valence-electron chi connectivity index (χ1n) is 14.1. The van der Waals surface area contributed by atoms with Gasteiger partial charge in [0.25, 0.3) is 0 Å². The largest absolute Gasteiger partial charge is 0.496 e. The lowest BCUT2D eigenvalue weighted by Gasteiger charge is -2.36. The average Bonchev–Trinajstić information content (AvgIpc) is 3.19. The summed E-state index contributed by atoms with van der Waals surface area (Å²) >= 11 is 0. The molecule has 2 aliphatic rings. The van der Waals surface area contributed by atoms with Gasteiger partial charge in [-0.1, -0.05) is 19.9 Å². The second-order valence-electron chi connectivity index (χ2n) is 12.8. The zero-order valence-electron chi connectivity index (χ0n) is 25.2. The van der Waals surface area contributed by atoms with Gasteiger partial charge in [0.05, 0.1) is 29.7 Å². The second-order valence-corrected chi connectivity index (χ2v) is 12.8. The number of aliphatic carboxylic acids is 1. The lowest BCUT2D eigenvalue weighted by molar-refractivity contribution is -0.144. The SMILES string of the molecule is COc1ccc(C(C)(C)C(=O)O)cc1C1=C(CN2C(=O)O[C@H](c3cc(C(F)(F)F)cc(C(F)(F)F)c3)[C@@H]2C)CC(C)(C)CC1. The molecule has 2 aromatic rings. The minimum absolute atomic E-state index is 0.00998. The molecule has 2 atom stereocenters. The van der Waals surface area contributed by atoms with Crippen LogP contribution in [0.15, 0.2) is 42.0 Å². The number of allylic oxidation sites excluding steroid dienone is 1. The molecule has 6 nitrogen and oxygen atoms in total. The van der Waals surface area contributed by atoms with Crippen molar-refractivity contribution >= 4 is 17.6 Å². The molecule has 1 heterocycles. The van der Waals surface area contributed by atoms with Crippen LogP contribution in [0.2, 0.25) is 0 Å². The van der Waals surface area contributed by atoms with E-state index in [4.69, 9.17) is 9.47 Å². The van der Waals surface area contributed by atoms with Gasteiger partial charge in [-0.2, -0.15) is 26.3 Å². The van der Waals surface area contributed by atoms with E-state index < -0.39 is 58.7 Å². The quantitative estimate of drug-likeness (QED) is 0.311. The number of carbonyl (C=O) groups excluding carboxylic acids is 1. The summed E-state index contributed by atoms with van der Waals surface area (Å²) in [5.41, 5.74) is -1.92. The van der Waals surface area contributed by atoms with Crippen molar-refractivity contribution in [1.29, 1.82) is 0 Å². The van der Waals surface area contributed by atoms with Crippen molar-refractivity contribution in [2.45, 2.75) is 83.8 Å². The van der Waals surface area contributed by atoms with Crippen LogP contribution in [0.4, 0.5) is 31.1 Å². The summed E-state index contributed by atoms with van der Waals surface area (Å²) in [6.45, 7) is 8.81. The molecule has 240 valence electrons. The fourth-order valence-corrected chi connectivity index (χ4v) is 5.85. The second kappa shape index (κ2) is 11.3. The van der Waals surface area contributed by atoms with Gasteiger partial charge in [0.15, 0.2) is 0 Å².